The second kappa shape index (κ2) is 7.90. The number of ether oxygens (including phenoxy) is 1. The minimum atomic E-state index is -0.448. The summed E-state index contributed by atoms with van der Waals surface area (Å²) in [6, 6.07) is 11.2. The van der Waals surface area contributed by atoms with Crippen molar-refractivity contribution in [1.82, 2.24) is 21.0 Å². The second-order valence-corrected chi connectivity index (χ2v) is 6.63. The highest BCUT2D eigenvalue weighted by atomic mass is 16.5. The third-order valence-electron chi connectivity index (χ3n) is 4.19. The first-order valence-electron chi connectivity index (χ1n) is 8.70. The van der Waals surface area contributed by atoms with Gasteiger partial charge in [0.15, 0.2) is 6.61 Å². The first kappa shape index (κ1) is 18.4. The van der Waals surface area contributed by atoms with E-state index in [2.05, 4.69) is 34.9 Å². The van der Waals surface area contributed by atoms with E-state index in [1.54, 1.807) is 18.3 Å². The summed E-state index contributed by atoms with van der Waals surface area (Å²) in [6.45, 7) is 5.90. The number of nitrogens with zero attached hydrogens (tertiary/aromatic N) is 1. The Morgan fingerprint density at radius 3 is 2.78 bits per heavy atom. The van der Waals surface area contributed by atoms with Crippen molar-refractivity contribution in [2.45, 2.75) is 26.7 Å². The monoisotopic (exact) mass is 366 g/mol. The number of para-hydroxylation sites is 1. The lowest BCUT2D eigenvalue weighted by atomic mass is 10.0. The van der Waals surface area contributed by atoms with Gasteiger partial charge in [0.2, 0.25) is 0 Å². The van der Waals surface area contributed by atoms with Crippen molar-refractivity contribution in [2.75, 3.05) is 6.61 Å². The van der Waals surface area contributed by atoms with Crippen LogP contribution >= 0.6 is 0 Å². The summed E-state index contributed by atoms with van der Waals surface area (Å²) in [5.41, 5.74) is 7.86. The Morgan fingerprint density at radius 1 is 1.19 bits per heavy atom. The zero-order valence-electron chi connectivity index (χ0n) is 15.5. The number of hydrogen-bond acceptors (Lipinski definition) is 4. The number of benzene rings is 2. The van der Waals surface area contributed by atoms with Crippen LogP contribution in [0.5, 0.6) is 5.75 Å². The number of carbonyl (C=O) groups is 2. The van der Waals surface area contributed by atoms with E-state index in [0.29, 0.717) is 16.8 Å². The smallest absolute Gasteiger partial charge is 0.276 e. The van der Waals surface area contributed by atoms with Gasteiger partial charge in [0.05, 0.1) is 17.3 Å². The molecule has 27 heavy (non-hydrogen) atoms. The van der Waals surface area contributed by atoms with Crippen LogP contribution in [0.2, 0.25) is 0 Å². The number of rotatable bonds is 5. The lowest BCUT2D eigenvalue weighted by molar-refractivity contribution is -0.123. The van der Waals surface area contributed by atoms with E-state index in [1.807, 2.05) is 31.2 Å². The topological polar surface area (TPSA) is 96.1 Å². The van der Waals surface area contributed by atoms with Crippen LogP contribution in [-0.4, -0.2) is 28.6 Å². The summed E-state index contributed by atoms with van der Waals surface area (Å²) in [7, 11) is 0. The normalized spacial score (nSPS) is 10.8. The average molecular weight is 366 g/mol. The number of nitrogens with one attached hydrogen (secondary N) is 3. The summed E-state index contributed by atoms with van der Waals surface area (Å²) in [5, 5.41) is 7.51. The number of H-pyrrole nitrogens is 1. The van der Waals surface area contributed by atoms with Gasteiger partial charge in [-0.3, -0.25) is 25.5 Å². The fraction of sp³-hybridized carbons (Fsp3) is 0.250. The molecule has 0 spiro atoms. The molecule has 0 atom stereocenters. The van der Waals surface area contributed by atoms with E-state index in [-0.39, 0.29) is 12.5 Å². The Hall–Kier alpha value is -3.35. The van der Waals surface area contributed by atoms with E-state index in [1.165, 1.54) is 0 Å². The van der Waals surface area contributed by atoms with Crippen molar-refractivity contribution in [3.05, 3.63) is 59.3 Å². The van der Waals surface area contributed by atoms with Gasteiger partial charge in [0.25, 0.3) is 11.8 Å². The fourth-order valence-electron chi connectivity index (χ4n) is 2.77. The number of amides is 2. The van der Waals surface area contributed by atoms with Gasteiger partial charge in [0, 0.05) is 5.39 Å². The molecular formula is C20H22N4O3. The highest BCUT2D eigenvalue weighted by molar-refractivity contribution is 6.05. The van der Waals surface area contributed by atoms with Gasteiger partial charge in [-0.2, -0.15) is 5.10 Å². The van der Waals surface area contributed by atoms with Crippen LogP contribution in [0.4, 0.5) is 0 Å². The number of aromatic nitrogens is 2. The van der Waals surface area contributed by atoms with Crippen LogP contribution in [0.15, 0.2) is 42.6 Å². The van der Waals surface area contributed by atoms with Crippen molar-refractivity contribution in [1.29, 1.82) is 0 Å². The average Bonchev–Trinajstić information content (AvgIpc) is 3.13. The first-order chi connectivity index (χ1) is 13.0. The van der Waals surface area contributed by atoms with Gasteiger partial charge in [-0.1, -0.05) is 38.1 Å². The lowest BCUT2D eigenvalue weighted by Gasteiger charge is -2.15. The maximum atomic E-state index is 12.3. The third kappa shape index (κ3) is 4.25. The van der Waals surface area contributed by atoms with Crippen molar-refractivity contribution < 1.29 is 14.3 Å². The molecule has 0 aliphatic rings. The molecule has 0 aliphatic carbocycles. The molecule has 1 heterocycles. The zero-order valence-corrected chi connectivity index (χ0v) is 15.5. The maximum Gasteiger partial charge on any atom is 0.276 e. The highest BCUT2D eigenvalue weighted by Crippen LogP contribution is 2.27. The second-order valence-electron chi connectivity index (χ2n) is 6.63. The van der Waals surface area contributed by atoms with Gasteiger partial charge in [0.1, 0.15) is 5.75 Å². The SMILES string of the molecule is Cc1ccc(C(C)C)c(OCC(=O)NNC(=O)c2cccc3cn[nH]c23)c1. The summed E-state index contributed by atoms with van der Waals surface area (Å²) in [4.78, 5) is 24.4. The van der Waals surface area contributed by atoms with E-state index < -0.39 is 11.8 Å². The minimum absolute atomic E-state index is 0.197. The van der Waals surface area contributed by atoms with Crippen molar-refractivity contribution in [2.24, 2.45) is 0 Å². The number of fused-ring (bicyclic) bond motifs is 1. The Bertz CT molecular complexity index is 978. The molecule has 0 unspecified atom stereocenters. The van der Waals surface area contributed by atoms with E-state index in [4.69, 9.17) is 4.74 Å². The van der Waals surface area contributed by atoms with Gasteiger partial charge in [-0.05, 0) is 36.1 Å². The number of aromatic amines is 1. The molecular weight excluding hydrogens is 344 g/mol. The molecule has 1 aromatic heterocycles. The number of hydrazine groups is 1. The summed E-state index contributed by atoms with van der Waals surface area (Å²) >= 11 is 0. The molecule has 2 aromatic carbocycles. The zero-order chi connectivity index (χ0) is 19.4. The standard InChI is InChI=1S/C20H22N4O3/c1-12(2)15-8-7-13(3)9-17(15)27-11-18(25)22-24-20(26)16-6-4-5-14-10-21-23-19(14)16/h4-10,12H,11H2,1-3H3,(H,21,23)(H,22,25)(H,24,26). The van der Waals surface area contributed by atoms with Gasteiger partial charge >= 0.3 is 0 Å². The van der Waals surface area contributed by atoms with Crippen molar-refractivity contribution in [3.63, 3.8) is 0 Å². The van der Waals surface area contributed by atoms with Crippen LogP contribution in [-0.2, 0) is 4.79 Å². The molecule has 0 radical (unpaired) electrons. The molecule has 0 saturated heterocycles. The lowest BCUT2D eigenvalue weighted by Crippen LogP contribution is -2.43. The van der Waals surface area contributed by atoms with E-state index in [0.717, 1.165) is 16.5 Å². The Balaban J connectivity index is 1.58. The molecule has 7 nitrogen and oxygen atoms in total. The first-order valence-corrected chi connectivity index (χ1v) is 8.70. The summed E-state index contributed by atoms with van der Waals surface area (Å²) < 4.78 is 5.66. The molecule has 2 amide bonds. The molecule has 3 aromatic rings. The van der Waals surface area contributed by atoms with Crippen LogP contribution in [0.3, 0.4) is 0 Å². The molecule has 0 aliphatic heterocycles. The maximum absolute atomic E-state index is 12.3. The van der Waals surface area contributed by atoms with Gasteiger partial charge in [-0.25, -0.2) is 0 Å². The Kier molecular flexibility index (Phi) is 5.40. The Labute approximate surface area is 157 Å². The summed E-state index contributed by atoms with van der Waals surface area (Å²) in [5.74, 6) is 0.0694. The third-order valence-corrected chi connectivity index (χ3v) is 4.19. The summed E-state index contributed by atoms with van der Waals surface area (Å²) in [6.07, 6.45) is 1.63. The molecule has 140 valence electrons. The quantitative estimate of drug-likeness (QED) is 0.605. The van der Waals surface area contributed by atoms with Crippen molar-refractivity contribution in [3.8, 4) is 5.75 Å². The van der Waals surface area contributed by atoms with Gasteiger partial charge < -0.3 is 4.74 Å². The number of hydrogen-bond donors (Lipinski definition) is 3. The minimum Gasteiger partial charge on any atom is -0.483 e. The number of aryl methyl sites for hydroxylation is 1. The molecule has 7 heteroatoms. The predicted octanol–water partition coefficient (Wildman–Crippen LogP) is 2.83. The Morgan fingerprint density at radius 2 is 2.00 bits per heavy atom. The van der Waals surface area contributed by atoms with Crippen LogP contribution in [0.1, 0.15) is 41.3 Å². The fourth-order valence-corrected chi connectivity index (χ4v) is 2.77. The molecule has 0 fully saturated rings. The van der Waals surface area contributed by atoms with E-state index >= 15 is 0 Å². The van der Waals surface area contributed by atoms with Crippen LogP contribution < -0.4 is 15.6 Å². The molecule has 0 bridgehead atoms. The molecule has 0 saturated carbocycles. The largest absolute Gasteiger partial charge is 0.483 e. The van der Waals surface area contributed by atoms with E-state index in [9.17, 15) is 9.59 Å². The van der Waals surface area contributed by atoms with Crippen molar-refractivity contribution >= 4 is 22.7 Å². The van der Waals surface area contributed by atoms with Gasteiger partial charge in [-0.15, -0.1) is 0 Å². The predicted molar refractivity (Wildman–Crippen MR) is 102 cm³/mol. The number of carbonyl (C=O) groups excluding carboxylic acids is 2. The molecule has 3 rings (SSSR count). The highest BCUT2D eigenvalue weighted by Gasteiger charge is 2.13. The molecule has 3 N–H and O–H groups in total. The van der Waals surface area contributed by atoms with Crippen LogP contribution in [0.25, 0.3) is 10.9 Å². The van der Waals surface area contributed by atoms with Crippen LogP contribution in [0, 0.1) is 6.92 Å².